The van der Waals surface area contributed by atoms with Gasteiger partial charge in [-0.05, 0) is 12.1 Å². The van der Waals surface area contributed by atoms with Gasteiger partial charge < -0.3 is 0 Å². The first-order chi connectivity index (χ1) is 2.77. The van der Waals surface area contributed by atoms with Crippen LogP contribution in [0.2, 0.25) is 0 Å². The molecule has 0 N–H and O–H groups in total. The van der Waals surface area contributed by atoms with Crippen LogP contribution < -0.4 is 0 Å². The fraction of sp³-hybridized carbons (Fsp3) is 1.00. The summed E-state index contributed by atoms with van der Waals surface area (Å²) in [6.45, 7) is 4.49. The van der Waals surface area contributed by atoms with Gasteiger partial charge in [0.15, 0.2) is 0 Å². The second-order valence-corrected chi connectivity index (χ2v) is 3.84. The molecule has 0 saturated heterocycles. The molecule has 2 heteroatoms. The highest BCUT2D eigenvalue weighted by Crippen LogP contribution is 2.22. The summed E-state index contributed by atoms with van der Waals surface area (Å²) in [5, 5.41) is 0. The van der Waals surface area contributed by atoms with Gasteiger partial charge in [-0.15, -0.1) is 17.2 Å². The standard InChI is InChI=1S/C4H12P2/c1-4(2)3-6-5/h4,6H,3,5H2,1-2H3. The molecule has 0 aliphatic rings. The molecular weight excluding hydrogens is 110 g/mol. The largest absolute Gasteiger partial charge is 0.114 e. The summed E-state index contributed by atoms with van der Waals surface area (Å²) in [4.78, 5) is 0. The first-order valence-corrected chi connectivity index (χ1v) is 5.22. The van der Waals surface area contributed by atoms with Gasteiger partial charge in [0, 0.05) is 0 Å². The zero-order valence-electron chi connectivity index (χ0n) is 4.36. The van der Waals surface area contributed by atoms with Crippen molar-refractivity contribution in [3.8, 4) is 0 Å². The van der Waals surface area contributed by atoms with Crippen LogP contribution in [0.15, 0.2) is 0 Å². The van der Waals surface area contributed by atoms with Crippen molar-refractivity contribution in [2.75, 3.05) is 6.16 Å². The molecule has 2 atom stereocenters. The van der Waals surface area contributed by atoms with Crippen molar-refractivity contribution in [3.05, 3.63) is 0 Å². The Balaban J connectivity index is 2.63. The maximum Gasteiger partial charge on any atom is -0.0296 e. The van der Waals surface area contributed by atoms with E-state index in [4.69, 9.17) is 0 Å². The van der Waals surface area contributed by atoms with Gasteiger partial charge in [-0.3, -0.25) is 0 Å². The normalized spacial score (nSPS) is 12.0. The van der Waals surface area contributed by atoms with Crippen molar-refractivity contribution >= 4 is 17.2 Å². The highest BCUT2D eigenvalue weighted by atomic mass is 32.0. The third-order valence-corrected chi connectivity index (χ3v) is 2.29. The summed E-state index contributed by atoms with van der Waals surface area (Å²) in [5.41, 5.74) is 0. The maximum atomic E-state index is 2.75. The van der Waals surface area contributed by atoms with Gasteiger partial charge in [0.1, 0.15) is 0 Å². The minimum Gasteiger partial charge on any atom is -0.114 e. The molecule has 0 rings (SSSR count). The van der Waals surface area contributed by atoms with Crippen molar-refractivity contribution < 1.29 is 0 Å². The summed E-state index contributed by atoms with van der Waals surface area (Å²) >= 11 is 0. The van der Waals surface area contributed by atoms with Gasteiger partial charge in [0.25, 0.3) is 0 Å². The van der Waals surface area contributed by atoms with E-state index in [1.807, 2.05) is 0 Å². The lowest BCUT2D eigenvalue weighted by Gasteiger charge is -1.96. The van der Waals surface area contributed by atoms with Crippen LogP contribution >= 0.6 is 17.2 Å². The summed E-state index contributed by atoms with van der Waals surface area (Å²) < 4.78 is 0. The molecule has 0 aromatic heterocycles. The fourth-order valence-electron chi connectivity index (χ4n) is 0.236. The van der Waals surface area contributed by atoms with Crippen molar-refractivity contribution in [2.45, 2.75) is 13.8 Å². The predicted molar refractivity (Wildman–Crippen MR) is 37.7 cm³/mol. The molecule has 0 amide bonds. The lowest BCUT2D eigenvalue weighted by molar-refractivity contribution is 0.750. The summed E-state index contributed by atoms with van der Waals surface area (Å²) in [5.74, 6) is 0.890. The maximum absolute atomic E-state index is 2.75. The van der Waals surface area contributed by atoms with Crippen LogP contribution in [0.5, 0.6) is 0 Å². The topological polar surface area (TPSA) is 0 Å². The Labute approximate surface area is 44.0 Å². The van der Waals surface area contributed by atoms with E-state index in [9.17, 15) is 0 Å². The van der Waals surface area contributed by atoms with E-state index in [2.05, 4.69) is 22.8 Å². The molecule has 0 nitrogen and oxygen atoms in total. The molecular formula is C4H12P2. The molecule has 0 saturated carbocycles. The lowest BCUT2D eigenvalue weighted by atomic mass is 10.3. The third-order valence-electron chi connectivity index (χ3n) is 0.526. The molecule has 0 radical (unpaired) electrons. The Morgan fingerprint density at radius 3 is 2.17 bits per heavy atom. The molecule has 2 unspecified atom stereocenters. The first-order valence-electron chi connectivity index (χ1n) is 2.21. The molecule has 38 valence electrons. The summed E-state index contributed by atoms with van der Waals surface area (Å²) in [6.07, 6.45) is 1.37. The quantitative estimate of drug-likeness (QED) is 0.492. The highest BCUT2D eigenvalue weighted by Gasteiger charge is 1.85. The third kappa shape index (κ3) is 4.86. The molecule has 0 aliphatic carbocycles. The minimum absolute atomic E-state index is 0.890. The van der Waals surface area contributed by atoms with Crippen molar-refractivity contribution in [1.29, 1.82) is 0 Å². The zero-order chi connectivity index (χ0) is 4.99. The van der Waals surface area contributed by atoms with Gasteiger partial charge >= 0.3 is 0 Å². The fourth-order valence-corrected chi connectivity index (χ4v) is 2.12. The van der Waals surface area contributed by atoms with E-state index >= 15 is 0 Å². The van der Waals surface area contributed by atoms with Crippen LogP contribution in [0.1, 0.15) is 13.8 Å². The Morgan fingerprint density at radius 1 is 1.67 bits per heavy atom. The van der Waals surface area contributed by atoms with Gasteiger partial charge in [0.05, 0.1) is 0 Å². The van der Waals surface area contributed by atoms with Crippen LogP contribution in [0.3, 0.4) is 0 Å². The van der Waals surface area contributed by atoms with Gasteiger partial charge in [-0.2, -0.15) is 0 Å². The Morgan fingerprint density at radius 2 is 2.17 bits per heavy atom. The summed E-state index contributed by atoms with van der Waals surface area (Å²) in [6, 6.07) is 0. The average Bonchev–Trinajstić information content (AvgIpc) is 1.35. The van der Waals surface area contributed by atoms with Crippen molar-refractivity contribution in [2.24, 2.45) is 5.92 Å². The molecule has 0 spiro atoms. The van der Waals surface area contributed by atoms with Crippen LogP contribution in [-0.4, -0.2) is 6.16 Å². The number of rotatable bonds is 2. The first kappa shape index (κ1) is 6.86. The van der Waals surface area contributed by atoms with Crippen molar-refractivity contribution in [3.63, 3.8) is 0 Å². The van der Waals surface area contributed by atoms with Gasteiger partial charge in [-0.25, -0.2) is 0 Å². The van der Waals surface area contributed by atoms with Crippen LogP contribution in [0.25, 0.3) is 0 Å². The molecule has 0 heterocycles. The highest BCUT2D eigenvalue weighted by molar-refractivity contribution is 8.02. The molecule has 0 aromatic carbocycles. The van der Waals surface area contributed by atoms with E-state index in [0.717, 1.165) is 14.2 Å². The summed E-state index contributed by atoms with van der Waals surface area (Å²) in [7, 11) is 3.81. The second kappa shape index (κ2) is 4.03. The molecule has 6 heavy (non-hydrogen) atoms. The minimum atomic E-state index is 0.890. The Hall–Kier alpha value is 0.860. The average molecular weight is 122 g/mol. The molecule has 0 aromatic rings. The van der Waals surface area contributed by atoms with E-state index in [1.165, 1.54) is 6.16 Å². The zero-order valence-corrected chi connectivity index (χ0v) is 6.52. The molecule has 0 bridgehead atoms. The Kier molecular flexibility index (Phi) is 4.61. The van der Waals surface area contributed by atoms with E-state index in [1.54, 1.807) is 0 Å². The predicted octanol–water partition coefficient (Wildman–Crippen LogP) is 2.11. The van der Waals surface area contributed by atoms with E-state index in [0.29, 0.717) is 0 Å². The van der Waals surface area contributed by atoms with Crippen LogP contribution in [0, 0.1) is 5.92 Å². The Bertz CT molecular complexity index is 26.7. The molecule has 0 fully saturated rings. The lowest BCUT2D eigenvalue weighted by Crippen LogP contribution is -1.84. The van der Waals surface area contributed by atoms with Crippen molar-refractivity contribution in [1.82, 2.24) is 0 Å². The van der Waals surface area contributed by atoms with Crippen LogP contribution in [-0.2, 0) is 0 Å². The number of hydrogen-bond donors (Lipinski definition) is 0. The SMILES string of the molecule is CC(C)CPP. The van der Waals surface area contributed by atoms with E-state index < -0.39 is 0 Å². The monoisotopic (exact) mass is 122 g/mol. The van der Waals surface area contributed by atoms with E-state index in [-0.39, 0.29) is 0 Å². The van der Waals surface area contributed by atoms with Gasteiger partial charge in [-0.1, -0.05) is 13.8 Å². The second-order valence-electron chi connectivity index (χ2n) is 1.80. The van der Waals surface area contributed by atoms with Crippen LogP contribution in [0.4, 0.5) is 0 Å². The smallest absolute Gasteiger partial charge is 0.0296 e. The van der Waals surface area contributed by atoms with Gasteiger partial charge in [0.2, 0.25) is 0 Å². The molecule has 0 aliphatic heterocycles. The number of hydrogen-bond acceptors (Lipinski definition) is 0.